The van der Waals surface area contributed by atoms with E-state index in [1.165, 1.54) is 32.1 Å². The van der Waals surface area contributed by atoms with Crippen LogP contribution in [0.15, 0.2) is 0 Å². The summed E-state index contributed by atoms with van der Waals surface area (Å²) in [5.41, 5.74) is 0. The van der Waals surface area contributed by atoms with Gasteiger partial charge < -0.3 is 0 Å². The first-order chi connectivity index (χ1) is 6.19. The first kappa shape index (κ1) is 11.1. The first-order valence-electron chi connectivity index (χ1n) is 6.19. The molecule has 0 saturated heterocycles. The van der Waals surface area contributed by atoms with Crippen LogP contribution in [0.4, 0.5) is 0 Å². The van der Waals surface area contributed by atoms with Gasteiger partial charge in [0.05, 0.1) is 0 Å². The summed E-state index contributed by atoms with van der Waals surface area (Å²) in [6, 6.07) is 0. The molecule has 3 unspecified atom stereocenters. The molecule has 1 saturated carbocycles. The molecule has 1 aliphatic rings. The second-order valence-corrected chi connectivity index (χ2v) is 5.10. The van der Waals surface area contributed by atoms with E-state index in [0.29, 0.717) is 0 Å². The van der Waals surface area contributed by atoms with Crippen molar-refractivity contribution in [3.05, 3.63) is 0 Å². The van der Waals surface area contributed by atoms with Gasteiger partial charge in [0, 0.05) is 0 Å². The highest BCUT2D eigenvalue weighted by molar-refractivity contribution is 4.78. The van der Waals surface area contributed by atoms with Gasteiger partial charge in [-0.3, -0.25) is 0 Å². The normalized spacial score (nSPS) is 35.3. The molecular formula is C13H26. The van der Waals surface area contributed by atoms with Crippen LogP contribution in [-0.2, 0) is 0 Å². The third-order valence-electron chi connectivity index (χ3n) is 4.35. The average molecular weight is 182 g/mol. The Morgan fingerprint density at radius 1 is 1.00 bits per heavy atom. The average Bonchev–Trinajstić information content (AvgIpc) is 2.13. The maximum absolute atomic E-state index is 2.44. The van der Waals surface area contributed by atoms with Gasteiger partial charge in [-0.2, -0.15) is 0 Å². The number of rotatable bonds is 3. The molecule has 13 heavy (non-hydrogen) atoms. The quantitative estimate of drug-likeness (QED) is 0.603. The predicted octanol–water partition coefficient (Wildman–Crippen LogP) is 4.49. The lowest BCUT2D eigenvalue weighted by Crippen LogP contribution is -2.25. The monoisotopic (exact) mass is 182 g/mol. The predicted molar refractivity (Wildman–Crippen MR) is 59.7 cm³/mol. The zero-order valence-electron chi connectivity index (χ0n) is 9.84. The molecule has 1 fully saturated rings. The third kappa shape index (κ3) is 2.72. The summed E-state index contributed by atoms with van der Waals surface area (Å²) in [6.45, 7) is 9.58. The third-order valence-corrected chi connectivity index (χ3v) is 4.35. The molecule has 0 spiro atoms. The van der Waals surface area contributed by atoms with Crippen LogP contribution >= 0.6 is 0 Å². The largest absolute Gasteiger partial charge is 0.0651 e. The van der Waals surface area contributed by atoms with E-state index >= 15 is 0 Å². The van der Waals surface area contributed by atoms with Crippen LogP contribution in [0.25, 0.3) is 0 Å². The van der Waals surface area contributed by atoms with Gasteiger partial charge in [-0.05, 0) is 36.5 Å². The molecule has 0 heterocycles. The highest BCUT2D eigenvalue weighted by Crippen LogP contribution is 2.39. The summed E-state index contributed by atoms with van der Waals surface area (Å²) >= 11 is 0. The fourth-order valence-corrected chi connectivity index (χ4v) is 2.97. The zero-order chi connectivity index (χ0) is 9.84. The standard InChI is InChI=1S/C13H26/c1-5-12(6-2)13-8-7-10(3)11(4)9-13/h10-13H,5-9H2,1-4H3. The second kappa shape index (κ2) is 5.02. The van der Waals surface area contributed by atoms with Crippen LogP contribution in [0.5, 0.6) is 0 Å². The fourth-order valence-electron chi connectivity index (χ4n) is 2.97. The van der Waals surface area contributed by atoms with E-state index in [9.17, 15) is 0 Å². The fraction of sp³-hybridized carbons (Fsp3) is 1.00. The lowest BCUT2D eigenvalue weighted by atomic mass is 9.70. The van der Waals surface area contributed by atoms with Crippen molar-refractivity contribution < 1.29 is 0 Å². The van der Waals surface area contributed by atoms with E-state index in [2.05, 4.69) is 27.7 Å². The van der Waals surface area contributed by atoms with Crippen LogP contribution in [0.1, 0.15) is 59.8 Å². The molecule has 1 aliphatic carbocycles. The Balaban J connectivity index is 2.44. The molecule has 3 atom stereocenters. The van der Waals surface area contributed by atoms with E-state index in [-0.39, 0.29) is 0 Å². The molecule has 0 bridgehead atoms. The smallest absolute Gasteiger partial charge is 0.0383 e. The first-order valence-corrected chi connectivity index (χ1v) is 6.19. The van der Waals surface area contributed by atoms with Crippen molar-refractivity contribution in [3.63, 3.8) is 0 Å². The van der Waals surface area contributed by atoms with E-state index in [4.69, 9.17) is 0 Å². The minimum Gasteiger partial charge on any atom is -0.0651 e. The van der Waals surface area contributed by atoms with Crippen molar-refractivity contribution in [2.24, 2.45) is 23.7 Å². The number of hydrogen-bond donors (Lipinski definition) is 0. The molecule has 0 amide bonds. The topological polar surface area (TPSA) is 0 Å². The van der Waals surface area contributed by atoms with Gasteiger partial charge in [-0.25, -0.2) is 0 Å². The van der Waals surface area contributed by atoms with Gasteiger partial charge in [0.15, 0.2) is 0 Å². The van der Waals surface area contributed by atoms with E-state index in [0.717, 1.165) is 23.7 Å². The maximum atomic E-state index is 2.44. The van der Waals surface area contributed by atoms with Crippen molar-refractivity contribution in [2.75, 3.05) is 0 Å². The minimum absolute atomic E-state index is 0.972. The van der Waals surface area contributed by atoms with Crippen LogP contribution < -0.4 is 0 Å². The Morgan fingerprint density at radius 3 is 2.08 bits per heavy atom. The van der Waals surface area contributed by atoms with Crippen LogP contribution in [0.3, 0.4) is 0 Å². The summed E-state index contributed by atoms with van der Waals surface area (Å²) in [5, 5.41) is 0. The van der Waals surface area contributed by atoms with Gasteiger partial charge in [-0.1, -0.05) is 47.0 Å². The summed E-state index contributed by atoms with van der Waals surface area (Å²) in [4.78, 5) is 0. The Morgan fingerprint density at radius 2 is 1.62 bits per heavy atom. The molecule has 78 valence electrons. The molecule has 0 heteroatoms. The van der Waals surface area contributed by atoms with Gasteiger partial charge in [0.2, 0.25) is 0 Å². The number of hydrogen-bond acceptors (Lipinski definition) is 0. The second-order valence-electron chi connectivity index (χ2n) is 5.10. The lowest BCUT2D eigenvalue weighted by Gasteiger charge is -2.36. The molecule has 0 aliphatic heterocycles. The molecule has 1 rings (SSSR count). The summed E-state index contributed by atoms with van der Waals surface area (Å²) < 4.78 is 0. The lowest BCUT2D eigenvalue weighted by molar-refractivity contribution is 0.150. The van der Waals surface area contributed by atoms with E-state index < -0.39 is 0 Å². The van der Waals surface area contributed by atoms with Crippen molar-refractivity contribution >= 4 is 0 Å². The summed E-state index contributed by atoms with van der Waals surface area (Å²) in [7, 11) is 0. The van der Waals surface area contributed by atoms with Gasteiger partial charge >= 0.3 is 0 Å². The van der Waals surface area contributed by atoms with E-state index in [1.54, 1.807) is 0 Å². The molecule has 0 N–H and O–H groups in total. The van der Waals surface area contributed by atoms with Crippen molar-refractivity contribution in [2.45, 2.75) is 59.8 Å². The van der Waals surface area contributed by atoms with Gasteiger partial charge in [-0.15, -0.1) is 0 Å². The van der Waals surface area contributed by atoms with Gasteiger partial charge in [0.25, 0.3) is 0 Å². The van der Waals surface area contributed by atoms with E-state index in [1.807, 2.05) is 0 Å². The molecule has 0 aromatic rings. The molecule has 0 aromatic carbocycles. The highest BCUT2D eigenvalue weighted by Gasteiger charge is 2.28. The van der Waals surface area contributed by atoms with Crippen LogP contribution in [0, 0.1) is 23.7 Å². The minimum atomic E-state index is 0.972. The molecule has 0 radical (unpaired) electrons. The SMILES string of the molecule is CCC(CC)C1CCC(C)C(C)C1. The van der Waals surface area contributed by atoms with Crippen molar-refractivity contribution in [3.8, 4) is 0 Å². The highest BCUT2D eigenvalue weighted by atomic mass is 14.3. The maximum Gasteiger partial charge on any atom is -0.0383 e. The zero-order valence-corrected chi connectivity index (χ0v) is 9.84. The summed E-state index contributed by atoms with van der Waals surface area (Å²) in [6.07, 6.45) is 7.25. The Hall–Kier alpha value is 0. The van der Waals surface area contributed by atoms with Crippen molar-refractivity contribution in [1.82, 2.24) is 0 Å². The van der Waals surface area contributed by atoms with Gasteiger partial charge in [0.1, 0.15) is 0 Å². The molecular weight excluding hydrogens is 156 g/mol. The summed E-state index contributed by atoms with van der Waals surface area (Å²) in [5.74, 6) is 4.00. The molecule has 0 nitrogen and oxygen atoms in total. The van der Waals surface area contributed by atoms with Crippen LogP contribution in [0.2, 0.25) is 0 Å². The Labute approximate surface area is 84.1 Å². The molecule has 0 aromatic heterocycles. The van der Waals surface area contributed by atoms with Crippen LogP contribution in [-0.4, -0.2) is 0 Å². The Bertz CT molecular complexity index is 135. The van der Waals surface area contributed by atoms with Crippen molar-refractivity contribution in [1.29, 1.82) is 0 Å². The Kier molecular flexibility index (Phi) is 4.28.